The molecule has 1 atom stereocenters. The Hall–Kier alpha value is -1.20. The highest BCUT2D eigenvalue weighted by Crippen LogP contribution is 2.27. The predicted molar refractivity (Wildman–Crippen MR) is 72.9 cm³/mol. The standard InChI is InChI=1S/C15H21F2NO2/c1-18(9-11-3-2-4-11)10-14(19)12-5-7-13(8-6-12)20-15(16)17/h5-8,11,14-15,19H,2-4,9-10H2,1H3. The van der Waals surface area contributed by atoms with Gasteiger partial charge >= 0.3 is 6.61 Å². The molecule has 5 heteroatoms. The molecule has 0 saturated heterocycles. The van der Waals surface area contributed by atoms with E-state index in [1.807, 2.05) is 7.05 Å². The number of alkyl halides is 2. The summed E-state index contributed by atoms with van der Waals surface area (Å²) in [5.74, 6) is 0.868. The molecule has 0 heterocycles. The van der Waals surface area contributed by atoms with E-state index in [1.54, 1.807) is 12.1 Å². The number of likely N-dealkylation sites (N-methyl/N-ethyl adjacent to an activating group) is 1. The number of halogens is 2. The maximum Gasteiger partial charge on any atom is 0.387 e. The Balaban J connectivity index is 1.83. The third kappa shape index (κ3) is 4.42. The van der Waals surface area contributed by atoms with Crippen LogP contribution < -0.4 is 4.74 Å². The van der Waals surface area contributed by atoms with E-state index >= 15 is 0 Å². The van der Waals surface area contributed by atoms with E-state index in [2.05, 4.69) is 9.64 Å². The summed E-state index contributed by atoms with van der Waals surface area (Å²) < 4.78 is 28.3. The van der Waals surface area contributed by atoms with Gasteiger partial charge in [0.15, 0.2) is 0 Å². The van der Waals surface area contributed by atoms with Crippen molar-refractivity contribution in [1.82, 2.24) is 4.90 Å². The van der Waals surface area contributed by atoms with Crippen molar-refractivity contribution in [1.29, 1.82) is 0 Å². The molecule has 1 N–H and O–H groups in total. The molecule has 0 aliphatic heterocycles. The summed E-state index contributed by atoms with van der Waals surface area (Å²) in [6, 6.07) is 6.16. The van der Waals surface area contributed by atoms with Gasteiger partial charge < -0.3 is 14.7 Å². The summed E-state index contributed by atoms with van der Waals surface area (Å²) in [6.07, 6.45) is 3.26. The lowest BCUT2D eigenvalue weighted by atomic mass is 9.85. The molecule has 1 aliphatic rings. The molecular weight excluding hydrogens is 264 g/mol. The van der Waals surface area contributed by atoms with Crippen LogP contribution in [0.5, 0.6) is 5.75 Å². The molecule has 0 aromatic heterocycles. The van der Waals surface area contributed by atoms with E-state index < -0.39 is 12.7 Å². The highest BCUT2D eigenvalue weighted by molar-refractivity contribution is 5.28. The summed E-state index contributed by atoms with van der Waals surface area (Å²) >= 11 is 0. The zero-order chi connectivity index (χ0) is 14.5. The predicted octanol–water partition coefficient (Wildman–Crippen LogP) is 3.05. The fourth-order valence-corrected chi connectivity index (χ4v) is 2.46. The van der Waals surface area contributed by atoms with E-state index in [1.165, 1.54) is 31.4 Å². The first-order valence-corrected chi connectivity index (χ1v) is 6.96. The fourth-order valence-electron chi connectivity index (χ4n) is 2.46. The van der Waals surface area contributed by atoms with Gasteiger partial charge in [-0.25, -0.2) is 0 Å². The largest absolute Gasteiger partial charge is 0.435 e. The van der Waals surface area contributed by atoms with Gasteiger partial charge in [0.05, 0.1) is 6.10 Å². The zero-order valence-electron chi connectivity index (χ0n) is 11.6. The van der Waals surface area contributed by atoms with Crippen LogP contribution in [0.25, 0.3) is 0 Å². The smallest absolute Gasteiger partial charge is 0.387 e. The topological polar surface area (TPSA) is 32.7 Å². The van der Waals surface area contributed by atoms with Crippen LogP contribution in [0.4, 0.5) is 8.78 Å². The van der Waals surface area contributed by atoms with Crippen LogP contribution in [-0.2, 0) is 0 Å². The van der Waals surface area contributed by atoms with E-state index in [4.69, 9.17) is 0 Å². The maximum absolute atomic E-state index is 12.0. The number of nitrogens with zero attached hydrogens (tertiary/aromatic N) is 1. The zero-order valence-corrected chi connectivity index (χ0v) is 11.6. The molecule has 1 aromatic carbocycles. The van der Waals surface area contributed by atoms with Crippen molar-refractivity contribution < 1.29 is 18.6 Å². The van der Waals surface area contributed by atoms with Crippen molar-refractivity contribution >= 4 is 0 Å². The van der Waals surface area contributed by atoms with Gasteiger partial charge in [-0.15, -0.1) is 0 Å². The minimum Gasteiger partial charge on any atom is -0.435 e. The first kappa shape index (κ1) is 15.2. The number of benzene rings is 1. The Kier molecular flexibility index (Phi) is 5.31. The average molecular weight is 285 g/mol. The summed E-state index contributed by atoms with van der Waals surface area (Å²) in [6.45, 7) is -1.27. The Morgan fingerprint density at radius 1 is 1.30 bits per heavy atom. The molecular formula is C15H21F2NO2. The molecule has 2 rings (SSSR count). The Morgan fingerprint density at radius 3 is 2.45 bits per heavy atom. The molecule has 1 fully saturated rings. The van der Waals surface area contributed by atoms with Gasteiger partial charge in [0.1, 0.15) is 5.75 Å². The van der Waals surface area contributed by atoms with Gasteiger partial charge in [-0.2, -0.15) is 8.78 Å². The lowest BCUT2D eigenvalue weighted by Gasteiger charge is -2.31. The van der Waals surface area contributed by atoms with Crippen molar-refractivity contribution in [3.8, 4) is 5.75 Å². The first-order valence-electron chi connectivity index (χ1n) is 6.96. The van der Waals surface area contributed by atoms with Crippen LogP contribution in [0.1, 0.15) is 30.9 Å². The third-order valence-corrected chi connectivity index (χ3v) is 3.77. The average Bonchev–Trinajstić information content (AvgIpc) is 2.34. The van der Waals surface area contributed by atoms with E-state index in [0.29, 0.717) is 12.1 Å². The molecule has 20 heavy (non-hydrogen) atoms. The van der Waals surface area contributed by atoms with Crippen LogP contribution in [0.15, 0.2) is 24.3 Å². The van der Waals surface area contributed by atoms with Crippen molar-refractivity contribution in [2.24, 2.45) is 5.92 Å². The normalized spacial score (nSPS) is 17.3. The molecule has 0 amide bonds. The van der Waals surface area contributed by atoms with Crippen molar-refractivity contribution in [3.63, 3.8) is 0 Å². The molecule has 3 nitrogen and oxygen atoms in total. The Morgan fingerprint density at radius 2 is 1.95 bits per heavy atom. The van der Waals surface area contributed by atoms with E-state index in [0.717, 1.165) is 12.5 Å². The van der Waals surface area contributed by atoms with E-state index in [-0.39, 0.29) is 5.75 Å². The second kappa shape index (κ2) is 6.99. The lowest BCUT2D eigenvalue weighted by Crippen LogP contribution is -2.32. The molecule has 0 spiro atoms. The lowest BCUT2D eigenvalue weighted by molar-refractivity contribution is -0.0498. The van der Waals surface area contributed by atoms with Gasteiger partial charge in [0, 0.05) is 13.1 Å². The van der Waals surface area contributed by atoms with Gasteiger partial charge in [0.2, 0.25) is 0 Å². The molecule has 1 unspecified atom stereocenters. The second-order valence-electron chi connectivity index (χ2n) is 5.48. The summed E-state index contributed by atoms with van der Waals surface area (Å²) in [4.78, 5) is 2.12. The Labute approximate surface area is 118 Å². The van der Waals surface area contributed by atoms with Crippen LogP contribution in [0.2, 0.25) is 0 Å². The van der Waals surface area contributed by atoms with Crippen LogP contribution in [0.3, 0.4) is 0 Å². The van der Waals surface area contributed by atoms with E-state index in [9.17, 15) is 13.9 Å². The number of hydrogen-bond acceptors (Lipinski definition) is 3. The third-order valence-electron chi connectivity index (χ3n) is 3.77. The van der Waals surface area contributed by atoms with Gasteiger partial charge in [-0.3, -0.25) is 0 Å². The molecule has 1 aromatic rings. The minimum absolute atomic E-state index is 0.110. The quantitative estimate of drug-likeness (QED) is 0.835. The monoisotopic (exact) mass is 285 g/mol. The molecule has 112 valence electrons. The van der Waals surface area contributed by atoms with Crippen LogP contribution in [-0.4, -0.2) is 36.8 Å². The van der Waals surface area contributed by atoms with Crippen molar-refractivity contribution in [2.45, 2.75) is 32.0 Å². The highest BCUT2D eigenvalue weighted by atomic mass is 19.3. The molecule has 1 saturated carbocycles. The number of aliphatic hydroxyl groups excluding tert-OH is 1. The minimum atomic E-state index is -2.82. The number of aliphatic hydroxyl groups is 1. The van der Waals surface area contributed by atoms with Crippen molar-refractivity contribution in [2.75, 3.05) is 20.1 Å². The molecule has 1 aliphatic carbocycles. The summed E-state index contributed by atoms with van der Waals surface area (Å²) in [5.41, 5.74) is 0.715. The van der Waals surface area contributed by atoms with Crippen LogP contribution >= 0.6 is 0 Å². The Bertz CT molecular complexity index is 407. The summed E-state index contributed by atoms with van der Waals surface area (Å²) in [5, 5.41) is 10.1. The van der Waals surface area contributed by atoms with Gasteiger partial charge in [0.25, 0.3) is 0 Å². The molecule has 0 bridgehead atoms. The second-order valence-corrected chi connectivity index (χ2v) is 5.48. The summed E-state index contributed by atoms with van der Waals surface area (Å²) in [7, 11) is 2.00. The maximum atomic E-state index is 12.0. The number of rotatable bonds is 7. The van der Waals surface area contributed by atoms with Crippen molar-refractivity contribution in [3.05, 3.63) is 29.8 Å². The van der Waals surface area contributed by atoms with Gasteiger partial charge in [-0.1, -0.05) is 18.6 Å². The number of hydrogen-bond donors (Lipinski definition) is 1. The number of ether oxygens (including phenoxy) is 1. The molecule has 0 radical (unpaired) electrons. The SMILES string of the molecule is CN(CC1CCC1)CC(O)c1ccc(OC(F)F)cc1. The first-order chi connectivity index (χ1) is 9.54. The highest BCUT2D eigenvalue weighted by Gasteiger charge is 2.20. The van der Waals surface area contributed by atoms with Gasteiger partial charge in [-0.05, 0) is 43.5 Å². The fraction of sp³-hybridized carbons (Fsp3) is 0.600. The van der Waals surface area contributed by atoms with Crippen LogP contribution in [0, 0.1) is 5.92 Å².